The van der Waals surface area contributed by atoms with Crippen molar-refractivity contribution in [1.82, 2.24) is 14.9 Å². The van der Waals surface area contributed by atoms with Crippen LogP contribution in [0.25, 0.3) is 22.3 Å². The molecular weight excluding hydrogens is 479 g/mol. The molecule has 1 amide bonds. The third-order valence-corrected chi connectivity index (χ3v) is 8.08. The van der Waals surface area contributed by atoms with E-state index >= 15 is 0 Å². The van der Waals surface area contributed by atoms with E-state index in [4.69, 9.17) is 15.5 Å². The predicted molar refractivity (Wildman–Crippen MR) is 132 cm³/mol. The van der Waals surface area contributed by atoms with Gasteiger partial charge in [-0.15, -0.1) is 0 Å². The largest absolute Gasteiger partial charge is 0.458 e. The summed E-state index contributed by atoms with van der Waals surface area (Å²) in [5.74, 6) is -1.34. The number of aryl methyl sites for hydroxylation is 1. The van der Waals surface area contributed by atoms with Gasteiger partial charge in [0.05, 0.1) is 35.1 Å². The summed E-state index contributed by atoms with van der Waals surface area (Å²) in [5.41, 5.74) is 8.08. The number of hydrogen-bond donors (Lipinski definition) is 3. The first-order valence-corrected chi connectivity index (χ1v) is 12.5. The van der Waals surface area contributed by atoms with Gasteiger partial charge in [0.1, 0.15) is 12.4 Å². The first-order chi connectivity index (χ1) is 17.7. The van der Waals surface area contributed by atoms with E-state index in [0.717, 1.165) is 22.1 Å². The highest BCUT2D eigenvalue weighted by Gasteiger charge is 2.46. The zero-order valence-corrected chi connectivity index (χ0v) is 20.6. The first-order valence-electron chi connectivity index (χ1n) is 12.5. The molecule has 0 spiro atoms. The molecule has 3 aliphatic rings. The fourth-order valence-electron chi connectivity index (χ4n) is 6.10. The molecule has 2 aromatic heterocycles. The maximum absolute atomic E-state index is 14.9. The number of halogens is 1. The van der Waals surface area contributed by atoms with Gasteiger partial charge in [0.2, 0.25) is 5.91 Å². The van der Waals surface area contributed by atoms with Crippen LogP contribution in [0.1, 0.15) is 65.6 Å². The molecule has 0 saturated carbocycles. The Morgan fingerprint density at radius 2 is 2.11 bits per heavy atom. The van der Waals surface area contributed by atoms with E-state index in [0.29, 0.717) is 35.3 Å². The summed E-state index contributed by atoms with van der Waals surface area (Å²) in [6.45, 7) is 3.58. The van der Waals surface area contributed by atoms with Gasteiger partial charge in [-0.1, -0.05) is 6.92 Å². The van der Waals surface area contributed by atoms with E-state index in [2.05, 4.69) is 5.32 Å². The molecule has 0 unspecified atom stereocenters. The van der Waals surface area contributed by atoms with Gasteiger partial charge in [-0.05, 0) is 48.9 Å². The number of pyridine rings is 2. The summed E-state index contributed by atoms with van der Waals surface area (Å²) in [6, 6.07) is 2.67. The molecule has 37 heavy (non-hydrogen) atoms. The van der Waals surface area contributed by atoms with Crippen LogP contribution in [0.3, 0.4) is 0 Å². The Labute approximate surface area is 211 Å². The summed E-state index contributed by atoms with van der Waals surface area (Å²) < 4.78 is 21.6. The van der Waals surface area contributed by atoms with E-state index in [9.17, 15) is 23.9 Å². The van der Waals surface area contributed by atoms with Gasteiger partial charge in [0.15, 0.2) is 5.60 Å². The summed E-state index contributed by atoms with van der Waals surface area (Å²) in [6.07, 6.45) is 1.36. The number of amides is 1. The number of nitrogens with one attached hydrogen (secondary N) is 1. The lowest BCUT2D eigenvalue weighted by molar-refractivity contribution is -0.172. The highest BCUT2D eigenvalue weighted by atomic mass is 19.1. The van der Waals surface area contributed by atoms with Crippen LogP contribution in [0.15, 0.2) is 16.9 Å². The van der Waals surface area contributed by atoms with Gasteiger partial charge in [-0.3, -0.25) is 9.59 Å². The number of nitrogens with two attached hydrogens (primary N) is 1. The van der Waals surface area contributed by atoms with Crippen LogP contribution in [-0.2, 0) is 39.5 Å². The number of hydrogen-bond acceptors (Lipinski definition) is 7. The van der Waals surface area contributed by atoms with Gasteiger partial charge in [0, 0.05) is 35.5 Å². The second-order valence-electron chi connectivity index (χ2n) is 10.0. The molecule has 4 heterocycles. The Bertz CT molecular complexity index is 1600. The lowest BCUT2D eigenvalue weighted by Crippen LogP contribution is -2.44. The minimum Gasteiger partial charge on any atom is -0.458 e. The number of nitrogens with zero attached hydrogens (tertiary/aromatic N) is 2. The van der Waals surface area contributed by atoms with Crippen LogP contribution in [-0.4, -0.2) is 33.1 Å². The van der Waals surface area contributed by atoms with Gasteiger partial charge in [-0.2, -0.15) is 0 Å². The number of aromatic nitrogens is 2. The molecular formula is C27H27FN4O5. The number of aliphatic hydroxyl groups is 1. The standard InChI is InChI=1S/C27H27FN4O5/c1-3-27(36)16-8-20-24-14(10-32(20)25(34)15(16)11-37-26(27)35)23-18(30-21(33)6-7-29)5-4-13-12(2)17(28)9-19(31-24)22(13)23/h8-9,18,36H,3-7,10-11,29H2,1-2H3,(H,30,33)/t18-,27-/m0/s1. The first kappa shape index (κ1) is 23.7. The minimum atomic E-state index is -1.94. The van der Waals surface area contributed by atoms with Gasteiger partial charge in [-0.25, -0.2) is 14.2 Å². The van der Waals surface area contributed by atoms with Crippen molar-refractivity contribution in [2.45, 2.75) is 64.3 Å². The Kier molecular flexibility index (Phi) is 5.26. The zero-order chi connectivity index (χ0) is 26.2. The molecule has 2 aliphatic heterocycles. The molecule has 0 radical (unpaired) electrons. The van der Waals surface area contributed by atoms with Crippen LogP contribution in [0.2, 0.25) is 0 Å². The molecule has 4 N–H and O–H groups in total. The Morgan fingerprint density at radius 1 is 1.32 bits per heavy atom. The molecule has 0 fully saturated rings. The minimum absolute atomic E-state index is 0.0358. The average molecular weight is 507 g/mol. The predicted octanol–water partition coefficient (Wildman–Crippen LogP) is 1.98. The second kappa shape index (κ2) is 8.19. The molecule has 0 bridgehead atoms. The number of benzene rings is 1. The molecule has 0 saturated heterocycles. The highest BCUT2D eigenvalue weighted by Crippen LogP contribution is 2.45. The van der Waals surface area contributed by atoms with Crippen molar-refractivity contribution in [3.05, 3.63) is 61.7 Å². The maximum atomic E-state index is 14.9. The molecule has 1 aromatic carbocycles. The molecule has 6 rings (SSSR count). The summed E-state index contributed by atoms with van der Waals surface area (Å²) in [4.78, 5) is 43.4. The number of esters is 1. The fourth-order valence-corrected chi connectivity index (χ4v) is 6.10. The third kappa shape index (κ3) is 3.21. The van der Waals surface area contributed by atoms with Crippen molar-refractivity contribution in [1.29, 1.82) is 0 Å². The summed E-state index contributed by atoms with van der Waals surface area (Å²) in [7, 11) is 0. The van der Waals surface area contributed by atoms with Crippen molar-refractivity contribution in [2.75, 3.05) is 6.54 Å². The lowest BCUT2D eigenvalue weighted by Gasteiger charge is -2.31. The van der Waals surface area contributed by atoms with E-state index in [-0.39, 0.29) is 67.0 Å². The van der Waals surface area contributed by atoms with Crippen molar-refractivity contribution in [3.8, 4) is 11.4 Å². The van der Waals surface area contributed by atoms with Crippen molar-refractivity contribution in [2.24, 2.45) is 5.73 Å². The number of cyclic esters (lactones) is 1. The molecule has 9 nitrogen and oxygen atoms in total. The monoisotopic (exact) mass is 506 g/mol. The Hall–Kier alpha value is -3.63. The number of rotatable bonds is 4. The smallest absolute Gasteiger partial charge is 0.343 e. The van der Waals surface area contributed by atoms with Crippen LogP contribution >= 0.6 is 0 Å². The normalized spacial score (nSPS) is 21.3. The molecule has 2 atom stereocenters. The van der Waals surface area contributed by atoms with Crippen molar-refractivity contribution < 1.29 is 23.8 Å². The van der Waals surface area contributed by atoms with Crippen LogP contribution < -0.4 is 16.6 Å². The van der Waals surface area contributed by atoms with E-state index in [1.54, 1.807) is 24.5 Å². The number of fused-ring (bicyclic) bond motifs is 5. The third-order valence-electron chi connectivity index (χ3n) is 8.08. The van der Waals surface area contributed by atoms with Gasteiger partial charge < -0.3 is 25.5 Å². The van der Waals surface area contributed by atoms with E-state index < -0.39 is 11.6 Å². The summed E-state index contributed by atoms with van der Waals surface area (Å²) in [5, 5.41) is 15.0. The number of carbonyl (C=O) groups is 2. The molecule has 1 aliphatic carbocycles. The Balaban J connectivity index is 1.63. The fraction of sp³-hybridized carbons (Fsp3) is 0.407. The zero-order valence-electron chi connectivity index (χ0n) is 20.6. The van der Waals surface area contributed by atoms with E-state index in [1.807, 2.05) is 0 Å². The van der Waals surface area contributed by atoms with Crippen molar-refractivity contribution in [3.63, 3.8) is 0 Å². The Morgan fingerprint density at radius 3 is 2.84 bits per heavy atom. The second-order valence-corrected chi connectivity index (χ2v) is 10.0. The molecule has 192 valence electrons. The quantitative estimate of drug-likeness (QED) is 0.360. The van der Waals surface area contributed by atoms with Crippen molar-refractivity contribution >= 4 is 22.8 Å². The van der Waals surface area contributed by atoms with Crippen LogP contribution in [0.4, 0.5) is 4.39 Å². The van der Waals surface area contributed by atoms with E-state index in [1.165, 1.54) is 6.07 Å². The van der Waals surface area contributed by atoms with Crippen LogP contribution in [0, 0.1) is 12.7 Å². The molecule has 3 aromatic rings. The number of ether oxygens (including phenoxy) is 1. The summed E-state index contributed by atoms with van der Waals surface area (Å²) >= 11 is 0. The number of carbonyl (C=O) groups excluding carboxylic acids is 2. The van der Waals surface area contributed by atoms with Gasteiger partial charge in [0.25, 0.3) is 5.56 Å². The highest BCUT2D eigenvalue weighted by molar-refractivity contribution is 5.94. The van der Waals surface area contributed by atoms with Gasteiger partial charge >= 0.3 is 5.97 Å². The average Bonchev–Trinajstić information content (AvgIpc) is 3.24. The maximum Gasteiger partial charge on any atom is 0.343 e. The SMILES string of the molecule is CC[C@@]1(O)C(=O)OCc2c1cc1n(c2=O)Cc2c-1nc1cc(F)c(C)c3c1c2[C@@H](NC(=O)CCN)CC3. The topological polar surface area (TPSA) is 137 Å². The molecule has 10 heteroatoms. The lowest BCUT2D eigenvalue weighted by atomic mass is 9.81. The van der Waals surface area contributed by atoms with Crippen LogP contribution in [0.5, 0.6) is 0 Å².